The molecule has 0 atom stereocenters. The van der Waals surface area contributed by atoms with Crippen LogP contribution < -0.4 is 15.5 Å². The number of rotatable bonds is 4. The second kappa shape index (κ2) is 8.16. The second-order valence-electron chi connectivity index (χ2n) is 6.98. The van der Waals surface area contributed by atoms with Gasteiger partial charge < -0.3 is 15.5 Å². The van der Waals surface area contributed by atoms with E-state index in [2.05, 4.69) is 64.6 Å². The molecule has 1 amide bonds. The summed E-state index contributed by atoms with van der Waals surface area (Å²) in [7, 11) is 0. The lowest BCUT2D eigenvalue weighted by atomic mass is 10.0. The highest BCUT2D eigenvalue weighted by Gasteiger charge is 2.20. The van der Waals surface area contributed by atoms with Gasteiger partial charge in [-0.05, 0) is 54.8 Å². The van der Waals surface area contributed by atoms with Gasteiger partial charge in [0.25, 0.3) is 0 Å². The molecule has 2 aromatic carbocycles. The molecule has 0 unspecified atom stereocenters. The Labute approximate surface area is 177 Å². The van der Waals surface area contributed by atoms with Gasteiger partial charge in [-0.15, -0.1) is 0 Å². The first kappa shape index (κ1) is 19.3. The van der Waals surface area contributed by atoms with Crippen molar-refractivity contribution in [2.45, 2.75) is 26.8 Å². The Morgan fingerprint density at radius 2 is 1.90 bits per heavy atom. The van der Waals surface area contributed by atoms with Gasteiger partial charge in [-0.3, -0.25) is 4.79 Å². The summed E-state index contributed by atoms with van der Waals surface area (Å²) in [6, 6.07) is 13.8. The summed E-state index contributed by atoms with van der Waals surface area (Å²) in [5.74, 6) is 1.68. The molecule has 1 aliphatic rings. The van der Waals surface area contributed by atoms with Crippen LogP contribution in [0.2, 0.25) is 0 Å². The number of aryl methyl sites for hydroxylation is 1. The number of nitrogens with zero attached hydrogens (tertiary/aromatic N) is 4. The molecule has 2 heterocycles. The molecule has 0 fully saturated rings. The molecule has 7 nitrogen and oxygen atoms in total. The monoisotopic (exact) mass is 452 g/mol. The molecule has 0 spiro atoms. The molecule has 4 rings (SSSR count). The summed E-state index contributed by atoms with van der Waals surface area (Å²) in [6.07, 6.45) is 0.945. The van der Waals surface area contributed by atoms with Gasteiger partial charge in [0, 0.05) is 35.9 Å². The van der Waals surface area contributed by atoms with Crippen LogP contribution in [0.15, 0.2) is 46.9 Å². The van der Waals surface area contributed by atoms with Gasteiger partial charge in [-0.1, -0.05) is 28.1 Å². The highest BCUT2D eigenvalue weighted by atomic mass is 79.9. The topological polar surface area (TPSA) is 83.0 Å². The maximum atomic E-state index is 11.3. The first-order valence-corrected chi connectivity index (χ1v) is 10.2. The Bertz CT molecular complexity index is 1070. The Morgan fingerprint density at radius 3 is 2.72 bits per heavy atom. The largest absolute Gasteiger partial charge is 0.336 e. The summed E-state index contributed by atoms with van der Waals surface area (Å²) in [6.45, 7) is 4.96. The number of halogens is 1. The van der Waals surface area contributed by atoms with E-state index in [0.29, 0.717) is 23.4 Å². The molecule has 0 bridgehead atoms. The van der Waals surface area contributed by atoms with Crippen molar-refractivity contribution >= 4 is 45.1 Å². The van der Waals surface area contributed by atoms with E-state index in [0.717, 1.165) is 29.7 Å². The van der Waals surface area contributed by atoms with E-state index in [9.17, 15) is 4.79 Å². The quantitative estimate of drug-likeness (QED) is 0.616. The van der Waals surface area contributed by atoms with Gasteiger partial charge in [-0.2, -0.15) is 15.0 Å². The van der Waals surface area contributed by atoms with Crippen molar-refractivity contribution in [2.75, 3.05) is 22.1 Å². The minimum absolute atomic E-state index is 0.113. The minimum atomic E-state index is -0.113. The number of fused-ring (bicyclic) bond motifs is 1. The lowest BCUT2D eigenvalue weighted by molar-refractivity contribution is -0.114. The molecule has 2 N–H and O–H groups in total. The van der Waals surface area contributed by atoms with Crippen molar-refractivity contribution < 1.29 is 4.79 Å². The van der Waals surface area contributed by atoms with Crippen molar-refractivity contribution in [3.63, 3.8) is 0 Å². The second-order valence-corrected chi connectivity index (χ2v) is 7.89. The molecule has 148 valence electrons. The molecule has 3 aromatic rings. The Kier molecular flexibility index (Phi) is 5.44. The summed E-state index contributed by atoms with van der Waals surface area (Å²) < 4.78 is 1.11. The predicted octanol–water partition coefficient (Wildman–Crippen LogP) is 4.21. The fourth-order valence-corrected chi connectivity index (χ4v) is 3.77. The van der Waals surface area contributed by atoms with Crippen LogP contribution in [0.4, 0.5) is 23.3 Å². The molecule has 0 aliphatic carbocycles. The molecule has 1 aromatic heterocycles. The zero-order chi connectivity index (χ0) is 20.4. The number of carbonyl (C=O) groups excluding carboxylic acids is 1. The van der Waals surface area contributed by atoms with E-state index in [-0.39, 0.29) is 5.91 Å². The number of hydrogen-bond donors (Lipinski definition) is 2. The molecule has 29 heavy (non-hydrogen) atoms. The van der Waals surface area contributed by atoms with Crippen LogP contribution in [0.25, 0.3) is 0 Å². The standard InChI is InChI=1S/C21H21BrN6O/c1-13-23-20(26-19-5-3-4-18(11-19)25-14(2)29)27-21(24-13)28-9-8-15-10-17(22)7-6-16(15)12-28/h3-7,10-11H,8-9,12H2,1-2H3,(H,25,29)(H,23,24,26,27). The Hall–Kier alpha value is -3.00. The molecule has 0 radical (unpaired) electrons. The molecule has 0 saturated heterocycles. The average Bonchev–Trinajstić information content (AvgIpc) is 2.67. The van der Waals surface area contributed by atoms with Gasteiger partial charge in [0.2, 0.25) is 17.8 Å². The number of aromatic nitrogens is 3. The molecular formula is C21H21BrN6O. The Morgan fingerprint density at radius 1 is 1.07 bits per heavy atom. The van der Waals surface area contributed by atoms with Gasteiger partial charge >= 0.3 is 0 Å². The van der Waals surface area contributed by atoms with Crippen molar-refractivity contribution in [2.24, 2.45) is 0 Å². The number of carbonyl (C=O) groups is 1. The summed E-state index contributed by atoms with van der Waals surface area (Å²) >= 11 is 3.54. The first-order valence-electron chi connectivity index (χ1n) is 9.36. The van der Waals surface area contributed by atoms with Crippen LogP contribution in [0.5, 0.6) is 0 Å². The fourth-order valence-electron chi connectivity index (χ4n) is 3.36. The van der Waals surface area contributed by atoms with E-state index >= 15 is 0 Å². The van der Waals surface area contributed by atoms with E-state index in [1.807, 2.05) is 31.2 Å². The van der Waals surface area contributed by atoms with Crippen LogP contribution >= 0.6 is 15.9 Å². The lowest BCUT2D eigenvalue weighted by Gasteiger charge is -2.29. The summed E-state index contributed by atoms with van der Waals surface area (Å²) in [4.78, 5) is 27.0. The van der Waals surface area contributed by atoms with Gasteiger partial charge in [0.1, 0.15) is 5.82 Å². The number of nitrogens with one attached hydrogen (secondary N) is 2. The highest BCUT2D eigenvalue weighted by Crippen LogP contribution is 2.26. The van der Waals surface area contributed by atoms with Gasteiger partial charge in [-0.25, -0.2) is 0 Å². The van der Waals surface area contributed by atoms with Crippen LogP contribution in [-0.4, -0.2) is 27.4 Å². The van der Waals surface area contributed by atoms with Crippen LogP contribution in [0.1, 0.15) is 23.9 Å². The predicted molar refractivity (Wildman–Crippen MR) is 117 cm³/mol. The van der Waals surface area contributed by atoms with Crippen LogP contribution in [0.3, 0.4) is 0 Å². The number of benzene rings is 2. The smallest absolute Gasteiger partial charge is 0.232 e. The minimum Gasteiger partial charge on any atom is -0.336 e. The van der Waals surface area contributed by atoms with E-state index in [4.69, 9.17) is 0 Å². The normalized spacial score (nSPS) is 13.0. The zero-order valence-electron chi connectivity index (χ0n) is 16.2. The fraction of sp³-hybridized carbons (Fsp3) is 0.238. The lowest BCUT2D eigenvalue weighted by Crippen LogP contribution is -2.32. The first-order chi connectivity index (χ1) is 14.0. The van der Waals surface area contributed by atoms with Crippen molar-refractivity contribution in [1.82, 2.24) is 15.0 Å². The molecular weight excluding hydrogens is 432 g/mol. The number of amides is 1. The third-order valence-corrected chi connectivity index (χ3v) is 5.13. The van der Waals surface area contributed by atoms with Crippen LogP contribution in [0, 0.1) is 6.92 Å². The number of hydrogen-bond acceptors (Lipinski definition) is 6. The molecule has 1 aliphatic heterocycles. The van der Waals surface area contributed by atoms with Gasteiger partial charge in [0.15, 0.2) is 0 Å². The van der Waals surface area contributed by atoms with Crippen molar-refractivity contribution in [3.05, 3.63) is 63.9 Å². The third kappa shape index (κ3) is 4.71. The zero-order valence-corrected chi connectivity index (χ0v) is 17.8. The molecule has 8 heteroatoms. The Balaban J connectivity index is 1.55. The van der Waals surface area contributed by atoms with Gasteiger partial charge in [0.05, 0.1) is 0 Å². The average molecular weight is 453 g/mol. The summed E-state index contributed by atoms with van der Waals surface area (Å²) in [5, 5.41) is 5.99. The highest BCUT2D eigenvalue weighted by molar-refractivity contribution is 9.10. The third-order valence-electron chi connectivity index (χ3n) is 4.64. The SMILES string of the molecule is CC(=O)Nc1cccc(Nc2nc(C)nc(N3CCc4cc(Br)ccc4C3)n2)c1. The van der Waals surface area contributed by atoms with E-state index < -0.39 is 0 Å². The van der Waals surface area contributed by atoms with Crippen molar-refractivity contribution in [1.29, 1.82) is 0 Å². The van der Waals surface area contributed by atoms with E-state index in [1.54, 1.807) is 0 Å². The van der Waals surface area contributed by atoms with Crippen LogP contribution in [-0.2, 0) is 17.8 Å². The molecule has 0 saturated carbocycles. The summed E-state index contributed by atoms with van der Waals surface area (Å²) in [5.41, 5.74) is 4.15. The number of anilines is 4. The maximum absolute atomic E-state index is 11.3. The maximum Gasteiger partial charge on any atom is 0.232 e. The van der Waals surface area contributed by atoms with E-state index in [1.165, 1.54) is 18.1 Å². The van der Waals surface area contributed by atoms with Crippen molar-refractivity contribution in [3.8, 4) is 0 Å².